The van der Waals surface area contributed by atoms with E-state index in [0.29, 0.717) is 29.7 Å². The smallest absolute Gasteiger partial charge is 0.367 e. The van der Waals surface area contributed by atoms with E-state index in [2.05, 4.69) is 26.8 Å². The van der Waals surface area contributed by atoms with Crippen molar-refractivity contribution < 1.29 is 23.5 Å². The molecule has 0 amide bonds. The molecule has 0 aromatic heterocycles. The summed E-state index contributed by atoms with van der Waals surface area (Å²) in [6.45, 7) is 9.99. The minimum absolute atomic E-state index is 0.0597. The van der Waals surface area contributed by atoms with Crippen molar-refractivity contribution in [3.8, 4) is 0 Å². The lowest BCUT2D eigenvalue weighted by Gasteiger charge is -2.57. The first kappa shape index (κ1) is 22.3. The Labute approximate surface area is 184 Å². The molecule has 0 saturated heterocycles. The second-order valence-corrected chi connectivity index (χ2v) is 10.3. The van der Waals surface area contributed by atoms with Crippen LogP contribution in [0.3, 0.4) is 0 Å². The Bertz CT molecular complexity index is 897. The number of fused-ring (bicyclic) bond motifs is 5. The van der Waals surface area contributed by atoms with Crippen LogP contribution in [0.1, 0.15) is 79.6 Å². The van der Waals surface area contributed by atoms with Crippen LogP contribution >= 0.6 is 0 Å². The molecule has 0 radical (unpaired) electrons. The van der Waals surface area contributed by atoms with E-state index in [-0.39, 0.29) is 23.4 Å². The van der Waals surface area contributed by atoms with E-state index in [1.165, 1.54) is 12.5 Å². The van der Waals surface area contributed by atoms with E-state index in [1.807, 2.05) is 0 Å². The maximum Gasteiger partial charge on any atom is 0.367 e. The van der Waals surface area contributed by atoms with Crippen LogP contribution < -0.4 is 0 Å². The van der Waals surface area contributed by atoms with Crippen molar-refractivity contribution in [1.82, 2.24) is 0 Å². The molecule has 2 saturated carbocycles. The van der Waals surface area contributed by atoms with Crippen molar-refractivity contribution in [1.29, 1.82) is 0 Å². The van der Waals surface area contributed by atoms with Gasteiger partial charge in [0, 0.05) is 13.3 Å². The van der Waals surface area contributed by atoms with Crippen molar-refractivity contribution >= 4 is 11.9 Å². The summed E-state index contributed by atoms with van der Waals surface area (Å²) in [5, 5.41) is 0. The van der Waals surface area contributed by atoms with E-state index in [9.17, 15) is 9.59 Å². The van der Waals surface area contributed by atoms with Gasteiger partial charge in [-0.2, -0.15) is 4.39 Å². The molecular formula is C26H35FO4. The maximum absolute atomic E-state index is 15.0. The second-order valence-electron chi connectivity index (χ2n) is 10.3. The van der Waals surface area contributed by atoms with Gasteiger partial charge < -0.3 is 9.47 Å². The Morgan fingerprint density at radius 3 is 2.52 bits per heavy atom. The van der Waals surface area contributed by atoms with Crippen molar-refractivity contribution in [3.05, 3.63) is 34.4 Å². The third-order valence-corrected chi connectivity index (χ3v) is 8.93. The third kappa shape index (κ3) is 3.39. The topological polar surface area (TPSA) is 52.6 Å². The molecule has 170 valence electrons. The summed E-state index contributed by atoms with van der Waals surface area (Å²) in [4.78, 5) is 23.6. The summed E-state index contributed by atoms with van der Waals surface area (Å²) < 4.78 is 25.5. The molecular weight excluding hydrogens is 395 g/mol. The number of allylic oxidation sites excluding steroid dienone is 5. The number of esters is 2. The first-order valence-corrected chi connectivity index (χ1v) is 11.8. The van der Waals surface area contributed by atoms with E-state index in [0.717, 1.165) is 49.9 Å². The molecule has 0 N–H and O–H groups in total. The van der Waals surface area contributed by atoms with Gasteiger partial charge in [0.2, 0.25) is 5.83 Å². The van der Waals surface area contributed by atoms with E-state index >= 15 is 4.39 Å². The molecule has 0 aromatic carbocycles. The SMILES string of the molecule is CCOC(=O)C(F)=C1CC[C@H]2[C@@H]3CC=C4C(C)=C(OC(C)=O)CC[C@]4(C)[C@H]3CC[C@]12C. The van der Waals surface area contributed by atoms with Gasteiger partial charge in [-0.25, -0.2) is 4.79 Å². The Kier molecular flexibility index (Phi) is 5.68. The van der Waals surface area contributed by atoms with E-state index < -0.39 is 11.8 Å². The van der Waals surface area contributed by atoms with Gasteiger partial charge >= 0.3 is 11.9 Å². The summed E-state index contributed by atoms with van der Waals surface area (Å²) in [6, 6.07) is 0. The first-order chi connectivity index (χ1) is 14.6. The predicted octanol–water partition coefficient (Wildman–Crippen LogP) is 6.18. The van der Waals surface area contributed by atoms with Crippen molar-refractivity contribution in [3.63, 3.8) is 0 Å². The minimum Gasteiger partial charge on any atom is -0.461 e. The number of halogens is 1. The van der Waals surface area contributed by atoms with Gasteiger partial charge in [0.25, 0.3) is 0 Å². The van der Waals surface area contributed by atoms with Crippen LogP contribution in [0.2, 0.25) is 0 Å². The number of rotatable bonds is 3. The number of hydrogen-bond donors (Lipinski definition) is 0. The molecule has 5 heteroatoms. The molecule has 0 heterocycles. The summed E-state index contributed by atoms with van der Waals surface area (Å²) >= 11 is 0. The van der Waals surface area contributed by atoms with Crippen LogP contribution in [0.25, 0.3) is 0 Å². The molecule has 5 atom stereocenters. The van der Waals surface area contributed by atoms with Gasteiger partial charge in [0.05, 0.1) is 6.61 Å². The van der Waals surface area contributed by atoms with Crippen LogP contribution in [0.5, 0.6) is 0 Å². The summed E-state index contributed by atoms with van der Waals surface area (Å²) in [6.07, 6.45) is 8.61. The van der Waals surface area contributed by atoms with Crippen LogP contribution in [0.15, 0.2) is 34.4 Å². The Morgan fingerprint density at radius 1 is 1.13 bits per heavy atom. The van der Waals surface area contributed by atoms with Gasteiger partial charge in [-0.3, -0.25) is 4.79 Å². The predicted molar refractivity (Wildman–Crippen MR) is 116 cm³/mol. The molecule has 0 spiro atoms. The Balaban J connectivity index is 1.66. The first-order valence-electron chi connectivity index (χ1n) is 11.8. The van der Waals surface area contributed by atoms with Gasteiger partial charge in [-0.15, -0.1) is 0 Å². The molecule has 4 nitrogen and oxygen atoms in total. The van der Waals surface area contributed by atoms with Crippen molar-refractivity contribution in [2.75, 3.05) is 6.61 Å². The lowest BCUT2D eigenvalue weighted by atomic mass is 9.48. The number of hydrogen-bond acceptors (Lipinski definition) is 4. The van der Waals surface area contributed by atoms with Crippen LogP contribution in [0, 0.1) is 28.6 Å². The van der Waals surface area contributed by atoms with Gasteiger partial charge in [0.15, 0.2) is 0 Å². The fraction of sp³-hybridized carbons (Fsp3) is 0.692. The van der Waals surface area contributed by atoms with E-state index in [4.69, 9.17) is 9.47 Å². The third-order valence-electron chi connectivity index (χ3n) is 8.93. The van der Waals surface area contributed by atoms with Crippen LogP contribution in [-0.4, -0.2) is 18.5 Å². The lowest BCUT2D eigenvalue weighted by Crippen LogP contribution is -2.49. The maximum atomic E-state index is 15.0. The van der Waals surface area contributed by atoms with Crippen LogP contribution in [-0.2, 0) is 19.1 Å². The van der Waals surface area contributed by atoms with Crippen LogP contribution in [0.4, 0.5) is 4.39 Å². The van der Waals surface area contributed by atoms with Gasteiger partial charge in [-0.1, -0.05) is 19.9 Å². The minimum atomic E-state index is -0.801. The molecule has 0 unspecified atom stereocenters. The van der Waals surface area contributed by atoms with Crippen molar-refractivity contribution in [2.24, 2.45) is 28.6 Å². The monoisotopic (exact) mass is 430 g/mol. The zero-order chi connectivity index (χ0) is 22.6. The highest BCUT2D eigenvalue weighted by Crippen LogP contribution is 2.67. The molecule has 4 aliphatic carbocycles. The molecule has 4 aliphatic rings. The number of carbonyl (C=O) groups is 2. The zero-order valence-electron chi connectivity index (χ0n) is 19.5. The zero-order valence-corrected chi connectivity index (χ0v) is 19.5. The van der Waals surface area contributed by atoms with Gasteiger partial charge in [0.1, 0.15) is 5.76 Å². The van der Waals surface area contributed by atoms with E-state index in [1.54, 1.807) is 6.92 Å². The largest absolute Gasteiger partial charge is 0.461 e. The fourth-order valence-corrected chi connectivity index (χ4v) is 7.50. The lowest BCUT2D eigenvalue weighted by molar-refractivity contribution is -0.140. The molecule has 4 rings (SSSR count). The molecule has 2 fully saturated rings. The normalized spacial score (nSPS) is 38.5. The number of carbonyl (C=O) groups excluding carboxylic acids is 2. The second kappa shape index (κ2) is 7.90. The Morgan fingerprint density at radius 2 is 1.84 bits per heavy atom. The highest BCUT2D eigenvalue weighted by atomic mass is 19.1. The van der Waals surface area contributed by atoms with Crippen molar-refractivity contribution in [2.45, 2.75) is 79.6 Å². The fourth-order valence-electron chi connectivity index (χ4n) is 7.50. The number of ether oxygens (including phenoxy) is 2. The average molecular weight is 431 g/mol. The molecule has 0 aromatic rings. The summed E-state index contributed by atoms with van der Waals surface area (Å²) in [7, 11) is 0. The molecule has 31 heavy (non-hydrogen) atoms. The Hall–Kier alpha value is -1.91. The highest BCUT2D eigenvalue weighted by molar-refractivity contribution is 5.87. The molecule has 0 aliphatic heterocycles. The van der Waals surface area contributed by atoms with Gasteiger partial charge in [-0.05, 0) is 97.7 Å². The quantitative estimate of drug-likeness (QED) is 0.396. The molecule has 0 bridgehead atoms. The highest BCUT2D eigenvalue weighted by Gasteiger charge is 2.58. The summed E-state index contributed by atoms with van der Waals surface area (Å²) in [5.74, 6) is 0.520. The standard InChI is InChI=1S/C26H35FO4/c1-6-30-24(29)23(27)21-10-9-19-17-7-8-18-15(2)22(31-16(3)28)12-14-25(18,4)20(17)11-13-26(19,21)5/h8,17,19-20H,6-7,9-14H2,1-5H3/t17-,19-,20-,25-,26-/m0/s1. The average Bonchev–Trinajstić information content (AvgIpc) is 3.07. The summed E-state index contributed by atoms with van der Waals surface area (Å²) in [5.41, 5.74) is 2.94.